The molecule has 6 nitrogen and oxygen atoms in total. The SMILES string of the molecule is CCOc1cc([C@H]2C3=C(C[C@@H](c4ccccc4)CC3=O)Nc3onc(C)c32)ccc1OC. The molecule has 0 amide bonds. The Bertz CT molecular complexity index is 1200. The summed E-state index contributed by atoms with van der Waals surface area (Å²) in [6.45, 7) is 4.37. The fraction of sp³-hybridized carbons (Fsp3) is 0.308. The Morgan fingerprint density at radius 3 is 2.66 bits per heavy atom. The Labute approximate surface area is 187 Å². The molecule has 32 heavy (non-hydrogen) atoms. The van der Waals surface area contributed by atoms with E-state index in [1.165, 1.54) is 5.56 Å². The zero-order valence-electron chi connectivity index (χ0n) is 18.5. The number of carbonyl (C=O) groups is 1. The van der Waals surface area contributed by atoms with E-state index < -0.39 is 0 Å². The molecule has 2 heterocycles. The predicted octanol–water partition coefficient (Wildman–Crippen LogP) is 5.35. The van der Waals surface area contributed by atoms with Crippen molar-refractivity contribution in [1.29, 1.82) is 0 Å². The molecule has 0 unspecified atom stereocenters. The van der Waals surface area contributed by atoms with Gasteiger partial charge in [-0.1, -0.05) is 41.6 Å². The Kier molecular flexibility index (Phi) is 5.21. The molecular formula is C26H26N2O4. The number of hydrogen-bond acceptors (Lipinski definition) is 6. The lowest BCUT2D eigenvalue weighted by Crippen LogP contribution is -2.29. The first kappa shape index (κ1) is 20.4. The van der Waals surface area contributed by atoms with E-state index >= 15 is 0 Å². The van der Waals surface area contributed by atoms with Crippen molar-refractivity contribution in [3.63, 3.8) is 0 Å². The lowest BCUT2D eigenvalue weighted by Gasteiger charge is -2.34. The molecule has 2 aromatic carbocycles. The third-order valence-corrected chi connectivity index (χ3v) is 6.35. The normalized spacial score (nSPS) is 19.8. The summed E-state index contributed by atoms with van der Waals surface area (Å²) >= 11 is 0. The van der Waals surface area contributed by atoms with Gasteiger partial charge in [0.15, 0.2) is 17.3 Å². The van der Waals surface area contributed by atoms with Crippen LogP contribution in [0.3, 0.4) is 0 Å². The molecule has 3 aromatic rings. The van der Waals surface area contributed by atoms with E-state index in [1.807, 2.05) is 50.2 Å². The molecule has 0 radical (unpaired) electrons. The summed E-state index contributed by atoms with van der Waals surface area (Å²) < 4.78 is 16.9. The van der Waals surface area contributed by atoms with Crippen LogP contribution in [0.2, 0.25) is 0 Å². The lowest BCUT2D eigenvalue weighted by molar-refractivity contribution is -0.116. The van der Waals surface area contributed by atoms with Gasteiger partial charge in [-0.15, -0.1) is 0 Å². The topological polar surface area (TPSA) is 73.6 Å². The van der Waals surface area contributed by atoms with Crippen molar-refractivity contribution in [2.24, 2.45) is 0 Å². The Balaban J connectivity index is 1.63. The van der Waals surface area contributed by atoms with Crippen molar-refractivity contribution >= 4 is 11.7 Å². The van der Waals surface area contributed by atoms with Crippen LogP contribution in [0.5, 0.6) is 11.5 Å². The minimum absolute atomic E-state index is 0.135. The first-order chi connectivity index (χ1) is 15.6. The number of Topliss-reactive ketones (excluding diaryl/α,β-unsaturated/α-hetero) is 1. The summed E-state index contributed by atoms with van der Waals surface area (Å²) in [6.07, 6.45) is 1.23. The number of nitrogens with one attached hydrogen (secondary N) is 1. The van der Waals surface area contributed by atoms with Gasteiger partial charge in [-0.3, -0.25) is 4.79 Å². The number of allylic oxidation sites excluding steroid dienone is 2. The number of aromatic nitrogens is 1. The van der Waals surface area contributed by atoms with Crippen LogP contribution in [0.4, 0.5) is 5.88 Å². The molecule has 2 aliphatic rings. The molecule has 1 N–H and O–H groups in total. The Hall–Kier alpha value is -3.54. The monoisotopic (exact) mass is 430 g/mol. The molecule has 164 valence electrons. The molecule has 0 fully saturated rings. The second kappa shape index (κ2) is 8.19. The van der Waals surface area contributed by atoms with Crippen LogP contribution in [0, 0.1) is 6.92 Å². The number of rotatable bonds is 5. The molecule has 1 aromatic heterocycles. The maximum Gasteiger partial charge on any atom is 0.233 e. The molecule has 6 heteroatoms. The quantitative estimate of drug-likeness (QED) is 0.588. The van der Waals surface area contributed by atoms with Gasteiger partial charge in [-0.2, -0.15) is 0 Å². The smallest absolute Gasteiger partial charge is 0.233 e. The fourth-order valence-electron chi connectivity index (χ4n) is 4.91. The molecule has 2 atom stereocenters. The Morgan fingerprint density at radius 2 is 1.91 bits per heavy atom. The molecule has 1 aliphatic carbocycles. The van der Waals surface area contributed by atoms with Gasteiger partial charge in [0.05, 0.1) is 25.0 Å². The van der Waals surface area contributed by atoms with Crippen molar-refractivity contribution in [1.82, 2.24) is 5.16 Å². The molecule has 5 rings (SSSR count). The summed E-state index contributed by atoms with van der Waals surface area (Å²) in [5.74, 6) is 1.96. The van der Waals surface area contributed by atoms with Gasteiger partial charge in [0.25, 0.3) is 0 Å². The van der Waals surface area contributed by atoms with Gasteiger partial charge in [0, 0.05) is 23.6 Å². The lowest BCUT2D eigenvalue weighted by atomic mass is 9.72. The van der Waals surface area contributed by atoms with Crippen LogP contribution >= 0.6 is 0 Å². The van der Waals surface area contributed by atoms with E-state index in [0.717, 1.165) is 34.5 Å². The van der Waals surface area contributed by atoms with E-state index in [4.69, 9.17) is 14.0 Å². The highest BCUT2D eigenvalue weighted by atomic mass is 16.5. The van der Waals surface area contributed by atoms with Gasteiger partial charge in [-0.25, -0.2) is 0 Å². The number of aryl methyl sites for hydroxylation is 1. The van der Waals surface area contributed by atoms with E-state index in [1.54, 1.807) is 7.11 Å². The van der Waals surface area contributed by atoms with Crippen LogP contribution in [0.1, 0.15) is 54.0 Å². The van der Waals surface area contributed by atoms with E-state index in [2.05, 4.69) is 22.6 Å². The molecule has 0 bridgehead atoms. The molecular weight excluding hydrogens is 404 g/mol. The van der Waals surface area contributed by atoms with Crippen LogP contribution < -0.4 is 14.8 Å². The number of ketones is 1. The molecule has 0 saturated carbocycles. The first-order valence-electron chi connectivity index (χ1n) is 11.0. The summed E-state index contributed by atoms with van der Waals surface area (Å²) in [7, 11) is 1.62. The summed E-state index contributed by atoms with van der Waals surface area (Å²) in [5.41, 5.74) is 5.52. The highest BCUT2D eigenvalue weighted by Crippen LogP contribution is 2.49. The fourth-order valence-corrected chi connectivity index (χ4v) is 4.91. The maximum atomic E-state index is 13.6. The van der Waals surface area contributed by atoms with E-state index in [-0.39, 0.29) is 17.6 Å². The van der Waals surface area contributed by atoms with Gasteiger partial charge >= 0.3 is 0 Å². The third-order valence-electron chi connectivity index (χ3n) is 6.35. The molecule has 0 spiro atoms. The predicted molar refractivity (Wildman–Crippen MR) is 121 cm³/mol. The second-order valence-corrected chi connectivity index (χ2v) is 8.24. The van der Waals surface area contributed by atoms with Crippen molar-refractivity contribution in [3.8, 4) is 11.5 Å². The highest BCUT2D eigenvalue weighted by Gasteiger charge is 2.41. The zero-order chi connectivity index (χ0) is 22.2. The minimum Gasteiger partial charge on any atom is -0.493 e. The number of nitrogens with zero attached hydrogens (tertiary/aromatic N) is 1. The van der Waals surface area contributed by atoms with Crippen LogP contribution in [-0.2, 0) is 4.79 Å². The first-order valence-corrected chi connectivity index (χ1v) is 11.0. The Morgan fingerprint density at radius 1 is 1.09 bits per heavy atom. The van der Waals surface area contributed by atoms with Crippen LogP contribution in [0.25, 0.3) is 0 Å². The van der Waals surface area contributed by atoms with Gasteiger partial charge in [0.1, 0.15) is 0 Å². The number of carbonyl (C=O) groups excluding carboxylic acids is 1. The summed E-state index contributed by atoms with van der Waals surface area (Å²) in [6, 6.07) is 16.1. The number of anilines is 1. The standard InChI is InChI=1S/C26H26N2O4/c1-4-31-22-14-17(10-11-21(22)30-3)24-23-15(2)28-32-26(23)27-19-12-18(13-20(29)25(19)24)16-8-6-5-7-9-16/h5-11,14,18,24,27H,4,12-13H2,1-3H3/t18-,24-/m1/s1. The molecule has 0 saturated heterocycles. The average molecular weight is 431 g/mol. The summed E-state index contributed by atoms with van der Waals surface area (Å²) in [4.78, 5) is 13.6. The minimum atomic E-state index is -0.262. The van der Waals surface area contributed by atoms with Crippen molar-refractivity contribution in [2.75, 3.05) is 19.0 Å². The maximum absolute atomic E-state index is 13.6. The number of fused-ring (bicyclic) bond motifs is 1. The van der Waals surface area contributed by atoms with Gasteiger partial charge in [0.2, 0.25) is 5.88 Å². The van der Waals surface area contributed by atoms with Gasteiger partial charge < -0.3 is 19.3 Å². The highest BCUT2D eigenvalue weighted by molar-refractivity contribution is 6.01. The van der Waals surface area contributed by atoms with E-state index in [0.29, 0.717) is 30.4 Å². The average Bonchev–Trinajstić information content (AvgIpc) is 3.18. The van der Waals surface area contributed by atoms with E-state index in [9.17, 15) is 4.79 Å². The molecule has 1 aliphatic heterocycles. The zero-order valence-corrected chi connectivity index (χ0v) is 18.5. The number of hydrogen-bond donors (Lipinski definition) is 1. The van der Waals surface area contributed by atoms with Gasteiger partial charge in [-0.05, 0) is 49.4 Å². The van der Waals surface area contributed by atoms with Crippen molar-refractivity contribution in [2.45, 2.75) is 38.5 Å². The largest absolute Gasteiger partial charge is 0.493 e. The number of methoxy groups -OCH3 is 1. The third kappa shape index (κ3) is 3.36. The van der Waals surface area contributed by atoms with Crippen LogP contribution in [-0.4, -0.2) is 24.7 Å². The second-order valence-electron chi connectivity index (χ2n) is 8.24. The summed E-state index contributed by atoms with van der Waals surface area (Å²) in [5, 5.41) is 7.58. The number of benzene rings is 2. The van der Waals surface area contributed by atoms with Crippen molar-refractivity contribution in [3.05, 3.63) is 82.2 Å². The number of ether oxygens (including phenoxy) is 2. The van der Waals surface area contributed by atoms with Crippen LogP contribution in [0.15, 0.2) is 64.3 Å². The van der Waals surface area contributed by atoms with Crippen molar-refractivity contribution < 1.29 is 18.8 Å².